The van der Waals surface area contributed by atoms with Crippen molar-refractivity contribution in [2.24, 2.45) is 0 Å². The van der Waals surface area contributed by atoms with Crippen LogP contribution in [0.2, 0.25) is 0 Å². The summed E-state index contributed by atoms with van der Waals surface area (Å²) in [7, 11) is 0. The van der Waals surface area contributed by atoms with E-state index in [1.165, 1.54) is 0 Å². The number of anilines is 3. The Morgan fingerprint density at radius 1 is 1.31 bits per heavy atom. The highest BCUT2D eigenvalue weighted by Gasteiger charge is 1.98. The summed E-state index contributed by atoms with van der Waals surface area (Å²) in [6, 6.07) is 1.64. The highest BCUT2D eigenvalue weighted by Crippen LogP contribution is 2.08. The van der Waals surface area contributed by atoms with Gasteiger partial charge in [-0.05, 0) is 6.42 Å². The maximum absolute atomic E-state index is 5.53. The molecule has 0 fully saturated rings. The summed E-state index contributed by atoms with van der Waals surface area (Å²) in [6.45, 7) is 4.25. The second-order valence-electron chi connectivity index (χ2n) is 3.43. The number of hydrogen-bond acceptors (Lipinski definition) is 6. The third kappa shape index (κ3) is 4.79. The molecule has 1 rings (SSSR count). The molecule has 1 aromatic rings. The van der Waals surface area contributed by atoms with Crippen molar-refractivity contribution >= 4 is 17.6 Å². The molecule has 0 spiro atoms. The molecule has 0 amide bonds. The zero-order chi connectivity index (χ0) is 11.8. The molecule has 6 heteroatoms. The lowest BCUT2D eigenvalue weighted by Crippen LogP contribution is -2.12. The third-order valence-electron chi connectivity index (χ3n) is 1.96. The van der Waals surface area contributed by atoms with Crippen LogP contribution in [0.3, 0.4) is 0 Å². The molecule has 0 aromatic carbocycles. The monoisotopic (exact) mass is 225 g/mol. The Hall–Kier alpha value is -1.56. The minimum absolute atomic E-state index is 0.175. The number of nitrogens with one attached hydrogen (secondary N) is 1. The fourth-order valence-electron chi connectivity index (χ4n) is 1.18. The molecule has 0 unspecified atom stereocenters. The summed E-state index contributed by atoms with van der Waals surface area (Å²) < 4.78 is 5.39. The Labute approximate surface area is 95.4 Å². The van der Waals surface area contributed by atoms with Crippen molar-refractivity contribution in [1.29, 1.82) is 0 Å². The van der Waals surface area contributed by atoms with Crippen molar-refractivity contribution in [2.45, 2.75) is 19.8 Å². The molecule has 0 aliphatic heterocycles. The van der Waals surface area contributed by atoms with E-state index in [0.29, 0.717) is 24.8 Å². The fourth-order valence-corrected chi connectivity index (χ4v) is 1.18. The Bertz CT molecular complexity index is 298. The average Bonchev–Trinajstić information content (AvgIpc) is 2.22. The van der Waals surface area contributed by atoms with Gasteiger partial charge in [-0.2, -0.15) is 9.97 Å². The number of nitrogens with zero attached hydrogens (tertiary/aromatic N) is 2. The Morgan fingerprint density at radius 3 is 2.81 bits per heavy atom. The summed E-state index contributed by atoms with van der Waals surface area (Å²) in [5, 5.41) is 3.07. The van der Waals surface area contributed by atoms with Crippen molar-refractivity contribution in [2.75, 3.05) is 36.5 Å². The molecular weight excluding hydrogens is 206 g/mol. The second kappa shape index (κ2) is 6.84. The van der Waals surface area contributed by atoms with E-state index in [1.54, 1.807) is 6.07 Å². The summed E-state index contributed by atoms with van der Waals surface area (Å²) in [4.78, 5) is 7.76. The predicted molar refractivity (Wildman–Crippen MR) is 65.1 cm³/mol. The molecule has 0 aliphatic rings. The van der Waals surface area contributed by atoms with Crippen LogP contribution >= 0.6 is 0 Å². The molecule has 90 valence electrons. The topological polar surface area (TPSA) is 99.1 Å². The van der Waals surface area contributed by atoms with E-state index in [2.05, 4.69) is 22.2 Å². The highest BCUT2D eigenvalue weighted by molar-refractivity contribution is 5.48. The molecule has 6 nitrogen and oxygen atoms in total. The van der Waals surface area contributed by atoms with Gasteiger partial charge < -0.3 is 21.5 Å². The standard InChI is InChI=1S/C10H19N5O/c1-2-3-5-16-6-4-13-9-7-8(11)14-10(12)15-9/h7H,2-6H2,1H3,(H5,11,12,13,14,15). The predicted octanol–water partition coefficient (Wildman–Crippen LogP) is 0.870. The number of rotatable bonds is 7. The fraction of sp³-hybridized carbons (Fsp3) is 0.600. The van der Waals surface area contributed by atoms with E-state index >= 15 is 0 Å². The van der Waals surface area contributed by atoms with E-state index in [0.717, 1.165) is 19.4 Å². The third-order valence-corrected chi connectivity index (χ3v) is 1.96. The van der Waals surface area contributed by atoms with Gasteiger partial charge in [0.15, 0.2) is 0 Å². The lowest BCUT2D eigenvalue weighted by molar-refractivity contribution is 0.141. The van der Waals surface area contributed by atoms with Gasteiger partial charge in [-0.15, -0.1) is 0 Å². The zero-order valence-corrected chi connectivity index (χ0v) is 9.57. The molecule has 0 bridgehead atoms. The lowest BCUT2D eigenvalue weighted by Gasteiger charge is -2.07. The van der Waals surface area contributed by atoms with Gasteiger partial charge in [-0.3, -0.25) is 0 Å². The Balaban J connectivity index is 2.21. The van der Waals surface area contributed by atoms with E-state index in [1.807, 2.05) is 0 Å². The molecule has 0 atom stereocenters. The molecule has 1 aromatic heterocycles. The van der Waals surface area contributed by atoms with Gasteiger partial charge >= 0.3 is 0 Å². The molecule has 0 radical (unpaired) electrons. The Morgan fingerprint density at radius 2 is 2.12 bits per heavy atom. The first kappa shape index (κ1) is 12.5. The number of nitrogen functional groups attached to an aromatic ring is 2. The summed E-state index contributed by atoms with van der Waals surface area (Å²) in [5.41, 5.74) is 11.0. The molecule has 0 aliphatic carbocycles. The zero-order valence-electron chi connectivity index (χ0n) is 9.57. The van der Waals surface area contributed by atoms with Crippen molar-refractivity contribution < 1.29 is 4.74 Å². The maximum Gasteiger partial charge on any atom is 0.223 e. The normalized spacial score (nSPS) is 10.3. The molecule has 5 N–H and O–H groups in total. The molecular formula is C10H19N5O. The minimum Gasteiger partial charge on any atom is -0.383 e. The number of aromatic nitrogens is 2. The lowest BCUT2D eigenvalue weighted by atomic mass is 10.4. The van der Waals surface area contributed by atoms with Gasteiger partial charge in [0.2, 0.25) is 5.95 Å². The van der Waals surface area contributed by atoms with Crippen LogP contribution in [0.4, 0.5) is 17.6 Å². The molecule has 1 heterocycles. The van der Waals surface area contributed by atoms with E-state index in [9.17, 15) is 0 Å². The Kier molecular flexibility index (Phi) is 5.35. The van der Waals surface area contributed by atoms with Crippen LogP contribution in [-0.4, -0.2) is 29.7 Å². The molecule has 16 heavy (non-hydrogen) atoms. The van der Waals surface area contributed by atoms with Gasteiger partial charge in [0.1, 0.15) is 11.6 Å². The van der Waals surface area contributed by atoms with Crippen LogP contribution in [0.25, 0.3) is 0 Å². The van der Waals surface area contributed by atoms with Crippen molar-refractivity contribution in [3.63, 3.8) is 0 Å². The molecule has 0 saturated carbocycles. The quantitative estimate of drug-likeness (QED) is 0.595. The largest absolute Gasteiger partial charge is 0.383 e. The number of hydrogen-bond donors (Lipinski definition) is 3. The van der Waals surface area contributed by atoms with E-state index in [-0.39, 0.29) is 5.95 Å². The number of unbranched alkanes of at least 4 members (excludes halogenated alkanes) is 1. The van der Waals surface area contributed by atoms with Crippen LogP contribution in [0.5, 0.6) is 0 Å². The number of ether oxygens (including phenoxy) is 1. The first-order valence-electron chi connectivity index (χ1n) is 5.44. The van der Waals surface area contributed by atoms with Crippen LogP contribution in [-0.2, 0) is 4.74 Å². The van der Waals surface area contributed by atoms with Gasteiger partial charge in [-0.25, -0.2) is 0 Å². The van der Waals surface area contributed by atoms with Crippen molar-refractivity contribution in [3.8, 4) is 0 Å². The summed E-state index contributed by atoms with van der Waals surface area (Å²) in [6.07, 6.45) is 2.24. The van der Waals surface area contributed by atoms with Crippen molar-refractivity contribution in [3.05, 3.63) is 6.07 Å². The minimum atomic E-state index is 0.175. The average molecular weight is 225 g/mol. The summed E-state index contributed by atoms with van der Waals surface area (Å²) >= 11 is 0. The van der Waals surface area contributed by atoms with Gasteiger partial charge in [-0.1, -0.05) is 13.3 Å². The first-order chi connectivity index (χ1) is 7.72. The smallest absolute Gasteiger partial charge is 0.223 e. The number of nitrogens with two attached hydrogens (primary N) is 2. The van der Waals surface area contributed by atoms with Crippen LogP contribution in [0, 0.1) is 0 Å². The van der Waals surface area contributed by atoms with Crippen LogP contribution in [0.15, 0.2) is 6.07 Å². The van der Waals surface area contributed by atoms with Crippen LogP contribution < -0.4 is 16.8 Å². The highest BCUT2D eigenvalue weighted by atomic mass is 16.5. The SMILES string of the molecule is CCCCOCCNc1cc(N)nc(N)n1. The van der Waals surface area contributed by atoms with Gasteiger partial charge in [0.05, 0.1) is 6.61 Å². The van der Waals surface area contributed by atoms with Gasteiger partial charge in [0, 0.05) is 19.2 Å². The molecule has 0 saturated heterocycles. The van der Waals surface area contributed by atoms with Gasteiger partial charge in [0.25, 0.3) is 0 Å². The van der Waals surface area contributed by atoms with E-state index < -0.39 is 0 Å². The first-order valence-corrected chi connectivity index (χ1v) is 5.44. The van der Waals surface area contributed by atoms with E-state index in [4.69, 9.17) is 16.2 Å². The second-order valence-corrected chi connectivity index (χ2v) is 3.43. The maximum atomic E-state index is 5.53. The van der Waals surface area contributed by atoms with Crippen LogP contribution in [0.1, 0.15) is 19.8 Å². The van der Waals surface area contributed by atoms with Crippen molar-refractivity contribution in [1.82, 2.24) is 9.97 Å². The summed E-state index contributed by atoms with van der Waals surface area (Å²) in [5.74, 6) is 1.17.